The highest BCUT2D eigenvalue weighted by Gasteiger charge is 2.33. The molecule has 3 aromatic rings. The maximum absolute atomic E-state index is 13.9. The van der Waals surface area contributed by atoms with Gasteiger partial charge < -0.3 is 10.2 Å². The van der Waals surface area contributed by atoms with E-state index in [-0.39, 0.29) is 34.6 Å². The fraction of sp³-hybridized carbons (Fsp3) is 0.259. The summed E-state index contributed by atoms with van der Waals surface area (Å²) in [5, 5.41) is 3.23. The lowest BCUT2D eigenvalue weighted by Gasteiger charge is -2.33. The largest absolute Gasteiger partial charge is 0.355 e. The number of nitrogens with one attached hydrogen (secondary N) is 1. The van der Waals surface area contributed by atoms with E-state index in [2.05, 4.69) is 21.2 Å². The number of anilines is 1. The highest BCUT2D eigenvalue weighted by atomic mass is 79.9. The average molecular weight is 641 g/mol. The van der Waals surface area contributed by atoms with Crippen LogP contribution in [0.3, 0.4) is 0 Å². The third-order valence-corrected chi connectivity index (χ3v) is 8.11. The molecule has 7 nitrogen and oxygen atoms in total. The highest BCUT2D eigenvalue weighted by Crippen LogP contribution is 2.29. The molecule has 3 rings (SSSR count). The molecule has 0 spiro atoms. The molecule has 0 saturated heterocycles. The first-order valence-electron chi connectivity index (χ1n) is 11.8. The van der Waals surface area contributed by atoms with E-state index in [0.717, 1.165) is 26.2 Å². The molecule has 0 heterocycles. The quantitative estimate of drug-likeness (QED) is 0.308. The van der Waals surface area contributed by atoms with Crippen LogP contribution in [0.4, 0.5) is 5.69 Å². The molecule has 202 valence electrons. The molecule has 2 amide bonds. The van der Waals surface area contributed by atoms with Crippen LogP contribution in [0.2, 0.25) is 10.0 Å². The Morgan fingerprint density at radius 1 is 0.947 bits per heavy atom. The maximum atomic E-state index is 13.9. The van der Waals surface area contributed by atoms with E-state index >= 15 is 0 Å². The summed E-state index contributed by atoms with van der Waals surface area (Å²) in [7, 11) is -3.89. The van der Waals surface area contributed by atoms with E-state index in [1.165, 1.54) is 23.1 Å². The van der Waals surface area contributed by atoms with Crippen LogP contribution >= 0.6 is 39.1 Å². The lowest BCUT2D eigenvalue weighted by molar-refractivity contribution is -0.140. The van der Waals surface area contributed by atoms with Crippen LogP contribution in [0, 0.1) is 0 Å². The molecule has 0 aromatic heterocycles. The molecule has 0 saturated carbocycles. The molecule has 1 unspecified atom stereocenters. The van der Waals surface area contributed by atoms with Crippen molar-refractivity contribution in [3.8, 4) is 0 Å². The van der Waals surface area contributed by atoms with Gasteiger partial charge in [-0.1, -0.05) is 81.6 Å². The average Bonchev–Trinajstić information content (AvgIpc) is 2.86. The van der Waals surface area contributed by atoms with Gasteiger partial charge in [-0.3, -0.25) is 13.9 Å². The van der Waals surface area contributed by atoms with Gasteiger partial charge in [0.2, 0.25) is 21.8 Å². The Morgan fingerprint density at radius 2 is 1.63 bits per heavy atom. The fourth-order valence-electron chi connectivity index (χ4n) is 3.93. The minimum Gasteiger partial charge on any atom is -0.355 e. The summed E-state index contributed by atoms with van der Waals surface area (Å²) in [6.07, 6.45) is 1.25. The van der Waals surface area contributed by atoms with E-state index in [0.29, 0.717) is 6.54 Å². The molecule has 1 N–H and O–H groups in total. The minimum absolute atomic E-state index is 0.0892. The summed E-state index contributed by atoms with van der Waals surface area (Å²) in [4.78, 5) is 28.7. The van der Waals surface area contributed by atoms with Crippen LogP contribution < -0.4 is 9.62 Å². The second-order valence-electron chi connectivity index (χ2n) is 8.62. The lowest BCUT2D eigenvalue weighted by atomic mass is 10.0. The molecule has 11 heteroatoms. The van der Waals surface area contributed by atoms with Crippen LogP contribution in [0.25, 0.3) is 0 Å². The molecular formula is C27H28BrCl2N3O4S. The number of amides is 2. The van der Waals surface area contributed by atoms with E-state index < -0.39 is 28.5 Å². The molecule has 0 aliphatic rings. The number of carbonyl (C=O) groups excluding carboxylic acids is 2. The molecule has 38 heavy (non-hydrogen) atoms. The summed E-state index contributed by atoms with van der Waals surface area (Å²) in [6, 6.07) is 20.2. The molecule has 0 radical (unpaired) electrons. The van der Waals surface area contributed by atoms with Gasteiger partial charge in [0.25, 0.3) is 0 Å². The van der Waals surface area contributed by atoms with Crippen molar-refractivity contribution in [2.24, 2.45) is 0 Å². The molecular weight excluding hydrogens is 613 g/mol. The number of benzene rings is 3. The summed E-state index contributed by atoms with van der Waals surface area (Å²) < 4.78 is 27.3. The second-order valence-corrected chi connectivity index (χ2v) is 12.3. The number of rotatable bonds is 11. The minimum atomic E-state index is -3.89. The van der Waals surface area contributed by atoms with Gasteiger partial charge in [-0.05, 0) is 48.4 Å². The number of nitrogens with zero attached hydrogens (tertiary/aromatic N) is 2. The van der Waals surface area contributed by atoms with Crippen molar-refractivity contribution < 1.29 is 18.0 Å². The van der Waals surface area contributed by atoms with Crippen LogP contribution in [0.5, 0.6) is 0 Å². The molecule has 0 bridgehead atoms. The molecule has 0 aliphatic heterocycles. The van der Waals surface area contributed by atoms with Gasteiger partial charge in [0.15, 0.2) is 0 Å². The van der Waals surface area contributed by atoms with E-state index in [4.69, 9.17) is 23.2 Å². The Balaban J connectivity index is 2.05. The van der Waals surface area contributed by atoms with Gasteiger partial charge in [-0.25, -0.2) is 8.42 Å². The Kier molecular flexibility index (Phi) is 10.6. The first-order valence-corrected chi connectivity index (χ1v) is 15.2. The first kappa shape index (κ1) is 30.0. The number of hydrogen-bond donors (Lipinski definition) is 1. The summed E-state index contributed by atoms with van der Waals surface area (Å²) >= 11 is 15.6. The Morgan fingerprint density at radius 3 is 2.24 bits per heavy atom. The zero-order chi connectivity index (χ0) is 27.9. The smallest absolute Gasteiger partial charge is 0.244 e. The first-order chi connectivity index (χ1) is 18.0. The van der Waals surface area contributed by atoms with E-state index in [1.807, 2.05) is 54.6 Å². The van der Waals surface area contributed by atoms with Crippen molar-refractivity contribution in [3.63, 3.8) is 0 Å². The van der Waals surface area contributed by atoms with Crippen molar-refractivity contribution in [2.75, 3.05) is 23.7 Å². The Hall–Kier alpha value is -2.59. The van der Waals surface area contributed by atoms with Crippen LogP contribution in [0.1, 0.15) is 18.1 Å². The highest BCUT2D eigenvalue weighted by molar-refractivity contribution is 9.10. The molecule has 3 aromatic carbocycles. The van der Waals surface area contributed by atoms with E-state index in [1.54, 1.807) is 6.92 Å². The zero-order valence-corrected chi connectivity index (χ0v) is 24.8. The zero-order valence-electron chi connectivity index (χ0n) is 20.9. The normalized spacial score (nSPS) is 12.0. The van der Waals surface area contributed by atoms with Crippen molar-refractivity contribution in [1.29, 1.82) is 0 Å². The van der Waals surface area contributed by atoms with Crippen LogP contribution in [0.15, 0.2) is 77.3 Å². The fourth-order valence-corrected chi connectivity index (χ4v) is 5.51. The van der Waals surface area contributed by atoms with Crippen molar-refractivity contribution in [3.05, 3.63) is 98.4 Å². The van der Waals surface area contributed by atoms with Gasteiger partial charge in [-0.15, -0.1) is 0 Å². The van der Waals surface area contributed by atoms with Crippen molar-refractivity contribution >= 4 is 66.7 Å². The van der Waals surface area contributed by atoms with Gasteiger partial charge in [0.1, 0.15) is 12.6 Å². The Bertz CT molecular complexity index is 1390. The lowest BCUT2D eigenvalue weighted by Crippen LogP contribution is -2.53. The van der Waals surface area contributed by atoms with Crippen molar-refractivity contribution in [2.45, 2.75) is 25.9 Å². The number of sulfonamides is 1. The van der Waals surface area contributed by atoms with Gasteiger partial charge in [-0.2, -0.15) is 0 Å². The van der Waals surface area contributed by atoms with Crippen LogP contribution in [-0.2, 0) is 32.6 Å². The predicted molar refractivity (Wildman–Crippen MR) is 156 cm³/mol. The van der Waals surface area contributed by atoms with Gasteiger partial charge >= 0.3 is 0 Å². The van der Waals surface area contributed by atoms with E-state index in [9.17, 15) is 18.0 Å². The summed E-state index contributed by atoms with van der Waals surface area (Å²) in [6.45, 7) is 1.73. The predicted octanol–water partition coefficient (Wildman–Crippen LogP) is 5.30. The maximum Gasteiger partial charge on any atom is 0.244 e. The number of carbonyl (C=O) groups is 2. The Labute approximate surface area is 241 Å². The standard InChI is InChI=1S/C27H28BrCl2N3O4S/c1-3-31-27(35)25(15-19-8-5-4-6-9-19)32(17-20-10-7-11-21(28)14-20)26(34)18-33(38(2,36)37)22-12-13-23(29)24(30)16-22/h4-14,16,25H,3,15,17-18H2,1-2H3,(H,31,35). The van der Waals surface area contributed by atoms with Crippen molar-refractivity contribution in [1.82, 2.24) is 10.2 Å². The van der Waals surface area contributed by atoms with Gasteiger partial charge in [0, 0.05) is 24.0 Å². The molecule has 0 fully saturated rings. The summed E-state index contributed by atoms with van der Waals surface area (Å²) in [5.41, 5.74) is 1.83. The SMILES string of the molecule is CCNC(=O)C(Cc1ccccc1)N(Cc1cccc(Br)c1)C(=O)CN(c1ccc(Cl)c(Cl)c1)S(C)(=O)=O. The third-order valence-electron chi connectivity index (χ3n) is 5.73. The monoisotopic (exact) mass is 639 g/mol. The number of likely N-dealkylation sites (N-methyl/N-ethyl adjacent to an activating group) is 1. The molecule has 1 atom stereocenters. The summed E-state index contributed by atoms with van der Waals surface area (Å²) in [5.74, 6) is -0.881. The third kappa shape index (κ3) is 8.20. The second kappa shape index (κ2) is 13.5. The number of halogens is 3. The topological polar surface area (TPSA) is 86.8 Å². The molecule has 0 aliphatic carbocycles. The van der Waals surface area contributed by atoms with Crippen LogP contribution in [-0.4, -0.2) is 50.5 Å². The van der Waals surface area contributed by atoms with Gasteiger partial charge in [0.05, 0.1) is 22.0 Å². The number of hydrogen-bond acceptors (Lipinski definition) is 4.